The minimum absolute atomic E-state index is 0.164. The normalized spacial score (nSPS) is 12.4. The fourth-order valence-corrected chi connectivity index (χ4v) is 2.70. The number of nitrogens with zero attached hydrogens (tertiary/aromatic N) is 3. The zero-order valence-corrected chi connectivity index (χ0v) is 12.7. The van der Waals surface area contributed by atoms with E-state index in [1.807, 2.05) is 36.4 Å². The molecule has 1 aromatic heterocycles. The van der Waals surface area contributed by atoms with Gasteiger partial charge in [-0.15, -0.1) is 0 Å². The molecule has 0 bridgehead atoms. The molecule has 0 radical (unpaired) electrons. The zero-order valence-electron chi connectivity index (χ0n) is 12.7. The highest BCUT2D eigenvalue weighted by Crippen LogP contribution is 2.18. The minimum Gasteiger partial charge on any atom is -0.391 e. The lowest BCUT2D eigenvalue weighted by Crippen LogP contribution is -2.19. The number of hydrogen-bond donors (Lipinski definition) is 1. The molecule has 6 heteroatoms. The van der Waals surface area contributed by atoms with Gasteiger partial charge in [-0.2, -0.15) is 4.68 Å². The second-order valence-corrected chi connectivity index (χ2v) is 5.65. The van der Waals surface area contributed by atoms with E-state index in [9.17, 15) is 15.2 Å². The summed E-state index contributed by atoms with van der Waals surface area (Å²) in [6.07, 6.45) is 1.40. The molecule has 3 aromatic rings. The Hall–Kier alpha value is -2.73. The number of rotatable bonds is 5. The number of aromatic nitrogens is 2. The molecule has 1 heterocycles. The Labute approximate surface area is 133 Å². The third-order valence-electron chi connectivity index (χ3n) is 3.77. The molecule has 0 aliphatic carbocycles. The van der Waals surface area contributed by atoms with Crippen LogP contribution in [-0.2, 0) is 13.0 Å². The first-order valence-corrected chi connectivity index (χ1v) is 7.37. The van der Waals surface area contributed by atoms with E-state index in [4.69, 9.17) is 0 Å². The number of aliphatic hydroxyl groups is 1. The van der Waals surface area contributed by atoms with E-state index in [1.54, 1.807) is 13.1 Å². The van der Waals surface area contributed by atoms with E-state index in [0.29, 0.717) is 12.0 Å². The summed E-state index contributed by atoms with van der Waals surface area (Å²) in [6.45, 7) is 1.86. The van der Waals surface area contributed by atoms with E-state index in [-0.39, 0.29) is 12.4 Å². The van der Waals surface area contributed by atoms with Crippen molar-refractivity contribution in [3.63, 3.8) is 0 Å². The molecule has 3 rings (SSSR count). The van der Waals surface area contributed by atoms with Crippen molar-refractivity contribution >= 4 is 16.6 Å². The Bertz CT molecular complexity index is 857. The van der Waals surface area contributed by atoms with E-state index >= 15 is 0 Å². The molecule has 0 saturated carbocycles. The highest BCUT2D eigenvalue weighted by atomic mass is 16.6. The molecular formula is C17H17N3O3. The second-order valence-electron chi connectivity index (χ2n) is 5.65. The molecule has 1 N–H and O–H groups in total. The van der Waals surface area contributed by atoms with Gasteiger partial charge in [0.25, 0.3) is 0 Å². The van der Waals surface area contributed by atoms with Crippen molar-refractivity contribution in [2.24, 2.45) is 0 Å². The maximum absolute atomic E-state index is 10.8. The van der Waals surface area contributed by atoms with Crippen LogP contribution >= 0.6 is 0 Å². The molecule has 0 amide bonds. The lowest BCUT2D eigenvalue weighted by atomic mass is 10.0. The largest absolute Gasteiger partial charge is 0.392 e. The van der Waals surface area contributed by atoms with Crippen LogP contribution in [0, 0.1) is 17.0 Å². The van der Waals surface area contributed by atoms with Crippen LogP contribution in [0.5, 0.6) is 0 Å². The van der Waals surface area contributed by atoms with Crippen molar-refractivity contribution in [1.29, 1.82) is 0 Å². The maximum Gasteiger partial charge on any atom is 0.392 e. The third kappa shape index (κ3) is 3.37. The van der Waals surface area contributed by atoms with Gasteiger partial charge >= 0.3 is 5.82 Å². The lowest BCUT2D eigenvalue weighted by Gasteiger charge is -2.10. The molecule has 118 valence electrons. The second kappa shape index (κ2) is 6.18. The molecule has 23 heavy (non-hydrogen) atoms. The van der Waals surface area contributed by atoms with E-state index in [0.717, 1.165) is 16.3 Å². The lowest BCUT2D eigenvalue weighted by molar-refractivity contribution is -0.390. The van der Waals surface area contributed by atoms with Gasteiger partial charge in [-0.25, -0.2) is 0 Å². The number of aliphatic hydroxyl groups excluding tert-OH is 1. The Kier molecular flexibility index (Phi) is 4.08. The van der Waals surface area contributed by atoms with Crippen LogP contribution in [0.3, 0.4) is 0 Å². The fraction of sp³-hybridized carbons (Fsp3) is 0.235. The van der Waals surface area contributed by atoms with Gasteiger partial charge in [0, 0.05) is 6.42 Å². The number of fused-ring (bicyclic) bond motifs is 1. The van der Waals surface area contributed by atoms with Crippen molar-refractivity contribution in [2.75, 3.05) is 0 Å². The fourth-order valence-electron chi connectivity index (χ4n) is 2.70. The summed E-state index contributed by atoms with van der Waals surface area (Å²) in [4.78, 5) is 10.3. The Balaban J connectivity index is 1.71. The SMILES string of the molecule is Cc1cn(CC(O)Cc2ccc3ccccc3c2)nc1[N+](=O)[O-]. The minimum atomic E-state index is -0.657. The smallest absolute Gasteiger partial charge is 0.391 e. The summed E-state index contributed by atoms with van der Waals surface area (Å²) in [5.41, 5.74) is 1.52. The van der Waals surface area contributed by atoms with Crippen molar-refractivity contribution in [3.8, 4) is 0 Å². The topological polar surface area (TPSA) is 81.2 Å². The van der Waals surface area contributed by atoms with Crippen LogP contribution in [0.2, 0.25) is 0 Å². The van der Waals surface area contributed by atoms with Gasteiger partial charge in [0.05, 0.1) is 29.5 Å². The highest BCUT2D eigenvalue weighted by molar-refractivity contribution is 5.82. The van der Waals surface area contributed by atoms with Crippen molar-refractivity contribution in [2.45, 2.75) is 26.0 Å². The molecular weight excluding hydrogens is 294 g/mol. The first kappa shape index (κ1) is 15.2. The molecule has 0 saturated heterocycles. The van der Waals surface area contributed by atoms with E-state index < -0.39 is 11.0 Å². The summed E-state index contributed by atoms with van der Waals surface area (Å²) < 4.78 is 1.43. The summed E-state index contributed by atoms with van der Waals surface area (Å²) >= 11 is 0. The van der Waals surface area contributed by atoms with E-state index in [1.165, 1.54) is 4.68 Å². The van der Waals surface area contributed by atoms with Gasteiger partial charge in [0.15, 0.2) is 0 Å². The van der Waals surface area contributed by atoms with Crippen molar-refractivity contribution < 1.29 is 10.0 Å². The first-order valence-electron chi connectivity index (χ1n) is 7.37. The van der Waals surface area contributed by atoms with Gasteiger partial charge in [-0.3, -0.25) is 0 Å². The standard InChI is InChI=1S/C17H17N3O3/c1-12-10-19(18-17(12)20(22)23)11-16(21)9-13-6-7-14-4-2-3-5-15(14)8-13/h2-8,10,16,21H,9,11H2,1H3. The van der Waals surface area contributed by atoms with Crippen molar-refractivity contribution in [3.05, 3.63) is 69.9 Å². The van der Waals surface area contributed by atoms with Gasteiger partial charge in [-0.1, -0.05) is 42.5 Å². The maximum atomic E-state index is 10.8. The average molecular weight is 311 g/mol. The quantitative estimate of drug-likeness (QED) is 0.580. The van der Waals surface area contributed by atoms with Crippen LogP contribution in [0.1, 0.15) is 11.1 Å². The molecule has 0 aliphatic rings. The van der Waals surface area contributed by atoms with Gasteiger partial charge in [0.2, 0.25) is 0 Å². The monoisotopic (exact) mass is 311 g/mol. The number of hydrogen-bond acceptors (Lipinski definition) is 4. The van der Waals surface area contributed by atoms with Crippen molar-refractivity contribution in [1.82, 2.24) is 9.78 Å². The summed E-state index contributed by atoms with van der Waals surface area (Å²) in [6, 6.07) is 14.1. The predicted molar refractivity (Wildman–Crippen MR) is 87.3 cm³/mol. The number of nitro groups is 1. The Morgan fingerprint density at radius 2 is 2.00 bits per heavy atom. The van der Waals surface area contributed by atoms with Crippen LogP contribution in [0.25, 0.3) is 10.8 Å². The third-order valence-corrected chi connectivity index (χ3v) is 3.77. The zero-order chi connectivity index (χ0) is 16.4. The Morgan fingerprint density at radius 3 is 2.70 bits per heavy atom. The summed E-state index contributed by atoms with van der Waals surface area (Å²) in [5.74, 6) is -0.164. The van der Waals surface area contributed by atoms with Gasteiger partial charge in [-0.05, 0) is 28.2 Å². The van der Waals surface area contributed by atoms with E-state index in [2.05, 4.69) is 11.2 Å². The number of benzene rings is 2. The number of aryl methyl sites for hydroxylation is 1. The molecule has 2 aromatic carbocycles. The highest BCUT2D eigenvalue weighted by Gasteiger charge is 2.18. The Morgan fingerprint density at radius 1 is 1.26 bits per heavy atom. The van der Waals surface area contributed by atoms with Gasteiger partial charge in [0.1, 0.15) is 0 Å². The summed E-state index contributed by atoms with van der Waals surface area (Å²) in [5, 5.41) is 27.2. The van der Waals surface area contributed by atoms with Crippen LogP contribution in [0.15, 0.2) is 48.7 Å². The van der Waals surface area contributed by atoms with Crippen LogP contribution in [0.4, 0.5) is 5.82 Å². The molecule has 0 aliphatic heterocycles. The molecule has 0 spiro atoms. The first-order chi connectivity index (χ1) is 11.0. The molecule has 1 atom stereocenters. The molecule has 0 fully saturated rings. The van der Waals surface area contributed by atoms with Crippen LogP contribution < -0.4 is 0 Å². The molecule has 1 unspecified atom stereocenters. The van der Waals surface area contributed by atoms with Gasteiger partial charge < -0.3 is 15.2 Å². The average Bonchev–Trinajstić information content (AvgIpc) is 2.87. The molecule has 6 nitrogen and oxygen atoms in total. The van der Waals surface area contributed by atoms with Crippen LogP contribution in [-0.4, -0.2) is 25.9 Å². The summed E-state index contributed by atoms with van der Waals surface area (Å²) in [7, 11) is 0. The predicted octanol–water partition coefficient (Wildman–Crippen LogP) is 2.86.